The van der Waals surface area contributed by atoms with Crippen molar-refractivity contribution in [2.45, 2.75) is 20.4 Å². The first-order valence-corrected chi connectivity index (χ1v) is 11.1. The molecule has 0 spiro atoms. The Labute approximate surface area is 189 Å². The molecule has 3 aromatic rings. The average molecular weight is 456 g/mol. The van der Waals surface area contributed by atoms with E-state index in [1.54, 1.807) is 48.4 Å². The van der Waals surface area contributed by atoms with Crippen LogP contribution in [0.15, 0.2) is 45.8 Å². The Bertz CT molecular complexity index is 1200. The lowest BCUT2D eigenvalue weighted by Crippen LogP contribution is -2.40. The van der Waals surface area contributed by atoms with Crippen molar-refractivity contribution >= 4 is 23.2 Å². The highest BCUT2D eigenvalue weighted by Gasteiger charge is 2.22. The molecule has 168 valence electrons. The van der Waals surface area contributed by atoms with E-state index in [0.717, 1.165) is 10.6 Å². The molecule has 0 unspecified atom stereocenters. The van der Waals surface area contributed by atoms with Crippen LogP contribution in [0, 0.1) is 13.8 Å². The molecule has 2 amide bonds. The van der Waals surface area contributed by atoms with Gasteiger partial charge < -0.3 is 23.4 Å². The third-order valence-electron chi connectivity index (χ3n) is 5.39. The monoisotopic (exact) mass is 455 g/mol. The minimum atomic E-state index is -0.346. The highest BCUT2D eigenvalue weighted by Crippen LogP contribution is 2.17. The molecule has 1 aliphatic rings. The van der Waals surface area contributed by atoms with E-state index in [9.17, 15) is 9.59 Å². The molecule has 0 saturated carbocycles. The van der Waals surface area contributed by atoms with Gasteiger partial charge in [-0.1, -0.05) is 6.07 Å². The summed E-state index contributed by atoms with van der Waals surface area (Å²) in [5.41, 5.74) is 1.45. The number of amides is 2. The second kappa shape index (κ2) is 9.54. The number of aromatic nitrogens is 1. The maximum atomic E-state index is 12.8. The van der Waals surface area contributed by atoms with E-state index in [0.29, 0.717) is 60.5 Å². The van der Waals surface area contributed by atoms with E-state index in [-0.39, 0.29) is 11.8 Å². The minimum absolute atomic E-state index is 0.138. The number of methoxy groups -OCH3 is 1. The predicted molar refractivity (Wildman–Crippen MR) is 119 cm³/mol. The van der Waals surface area contributed by atoms with Gasteiger partial charge in [0, 0.05) is 29.2 Å². The first-order chi connectivity index (χ1) is 15.5. The van der Waals surface area contributed by atoms with Crippen LogP contribution in [0.25, 0.3) is 0 Å². The number of thiazole rings is 1. The Kier molecular flexibility index (Phi) is 6.57. The third kappa shape index (κ3) is 4.68. The van der Waals surface area contributed by atoms with Crippen LogP contribution in [0.1, 0.15) is 37.2 Å². The number of furan rings is 1. The van der Waals surface area contributed by atoms with Gasteiger partial charge in [-0.2, -0.15) is 4.99 Å². The van der Waals surface area contributed by atoms with Crippen LogP contribution in [0.5, 0.6) is 5.75 Å². The zero-order valence-corrected chi connectivity index (χ0v) is 19.1. The van der Waals surface area contributed by atoms with Crippen molar-refractivity contribution in [1.29, 1.82) is 0 Å². The van der Waals surface area contributed by atoms with Crippen molar-refractivity contribution in [1.82, 2.24) is 9.47 Å². The fraction of sp³-hybridized carbons (Fsp3) is 0.348. The second-order valence-corrected chi connectivity index (χ2v) is 8.61. The molecule has 4 rings (SSSR count). The number of ether oxygens (including phenoxy) is 2. The highest BCUT2D eigenvalue weighted by molar-refractivity contribution is 7.09. The zero-order valence-electron chi connectivity index (χ0n) is 18.3. The quantitative estimate of drug-likeness (QED) is 0.590. The molecule has 0 bridgehead atoms. The number of hydrogen-bond acceptors (Lipinski definition) is 6. The molecule has 1 aromatic carbocycles. The summed E-state index contributed by atoms with van der Waals surface area (Å²) >= 11 is 1.44. The van der Waals surface area contributed by atoms with Crippen molar-refractivity contribution in [3.63, 3.8) is 0 Å². The molecule has 8 nitrogen and oxygen atoms in total. The van der Waals surface area contributed by atoms with Gasteiger partial charge in [-0.25, -0.2) is 0 Å². The predicted octanol–water partition coefficient (Wildman–Crippen LogP) is 3.03. The average Bonchev–Trinajstić information content (AvgIpc) is 3.39. The topological polar surface area (TPSA) is 86.3 Å². The molecular weight excluding hydrogens is 430 g/mol. The molecule has 9 heteroatoms. The summed E-state index contributed by atoms with van der Waals surface area (Å²) in [7, 11) is 1.56. The van der Waals surface area contributed by atoms with Gasteiger partial charge in [0.25, 0.3) is 11.8 Å². The number of nitrogens with zero attached hydrogens (tertiary/aromatic N) is 3. The Morgan fingerprint density at radius 1 is 1.16 bits per heavy atom. The number of carbonyl (C=O) groups excluding carboxylic acids is 2. The first kappa shape index (κ1) is 22.0. The standard InChI is InChI=1S/C23H25N3O5S/c1-15-16(2)32-23(24-21(27)17-5-4-6-18(13-17)29-3)26(15)14-19-7-8-20(31-19)22(28)25-9-11-30-12-10-25/h4-8,13H,9-12,14H2,1-3H3. The molecule has 1 aliphatic heterocycles. The van der Waals surface area contributed by atoms with Gasteiger partial charge in [-0.3, -0.25) is 9.59 Å². The van der Waals surface area contributed by atoms with Gasteiger partial charge in [0.2, 0.25) is 0 Å². The molecule has 2 aromatic heterocycles. The van der Waals surface area contributed by atoms with Gasteiger partial charge in [0.1, 0.15) is 11.5 Å². The molecule has 0 atom stereocenters. The molecule has 3 heterocycles. The molecule has 1 saturated heterocycles. The molecule has 32 heavy (non-hydrogen) atoms. The SMILES string of the molecule is COc1cccc(C(=O)N=c2sc(C)c(C)n2Cc2ccc(C(=O)N3CCOCC3)o2)c1. The summed E-state index contributed by atoms with van der Waals surface area (Å²) < 4.78 is 18.3. The van der Waals surface area contributed by atoms with Crippen LogP contribution in [-0.4, -0.2) is 54.7 Å². The van der Waals surface area contributed by atoms with Crippen molar-refractivity contribution in [3.05, 3.63) is 68.9 Å². The first-order valence-electron chi connectivity index (χ1n) is 10.3. The number of rotatable bonds is 5. The largest absolute Gasteiger partial charge is 0.497 e. The van der Waals surface area contributed by atoms with E-state index in [4.69, 9.17) is 13.9 Å². The van der Waals surface area contributed by atoms with Crippen LogP contribution < -0.4 is 9.54 Å². The highest BCUT2D eigenvalue weighted by atomic mass is 32.1. The van der Waals surface area contributed by atoms with Gasteiger partial charge in [0.05, 0.1) is 26.9 Å². The fourth-order valence-corrected chi connectivity index (χ4v) is 4.40. The maximum Gasteiger partial charge on any atom is 0.289 e. The van der Waals surface area contributed by atoms with Crippen molar-refractivity contribution in [2.75, 3.05) is 33.4 Å². The van der Waals surface area contributed by atoms with Gasteiger partial charge in [-0.15, -0.1) is 11.3 Å². The van der Waals surface area contributed by atoms with Crippen LogP contribution in [0.2, 0.25) is 0 Å². The van der Waals surface area contributed by atoms with Crippen LogP contribution >= 0.6 is 11.3 Å². The Hall–Kier alpha value is -3.17. The summed E-state index contributed by atoms with van der Waals surface area (Å²) in [5, 5.41) is 0. The summed E-state index contributed by atoms with van der Waals surface area (Å²) in [4.78, 5) is 33.1. The van der Waals surface area contributed by atoms with Gasteiger partial charge >= 0.3 is 0 Å². The smallest absolute Gasteiger partial charge is 0.289 e. The molecular formula is C23H25N3O5S. The molecule has 0 N–H and O–H groups in total. The zero-order chi connectivity index (χ0) is 22.7. The van der Waals surface area contributed by atoms with E-state index >= 15 is 0 Å². The summed E-state index contributed by atoms with van der Waals surface area (Å²) in [5.74, 6) is 1.05. The van der Waals surface area contributed by atoms with E-state index in [2.05, 4.69) is 4.99 Å². The summed E-state index contributed by atoms with van der Waals surface area (Å²) in [6, 6.07) is 10.4. The van der Waals surface area contributed by atoms with E-state index in [1.807, 2.05) is 18.4 Å². The molecule has 0 radical (unpaired) electrons. The Morgan fingerprint density at radius 3 is 2.69 bits per heavy atom. The van der Waals surface area contributed by atoms with E-state index in [1.165, 1.54) is 11.3 Å². The van der Waals surface area contributed by atoms with Crippen molar-refractivity contribution in [3.8, 4) is 5.75 Å². The number of carbonyl (C=O) groups is 2. The number of hydrogen-bond donors (Lipinski definition) is 0. The summed E-state index contributed by atoms with van der Waals surface area (Å²) in [6.45, 7) is 6.52. The van der Waals surface area contributed by atoms with Crippen LogP contribution in [-0.2, 0) is 11.3 Å². The fourth-order valence-electron chi connectivity index (χ4n) is 3.43. The Morgan fingerprint density at radius 2 is 1.94 bits per heavy atom. The number of aryl methyl sites for hydroxylation is 1. The van der Waals surface area contributed by atoms with Crippen molar-refractivity contribution in [2.24, 2.45) is 4.99 Å². The lowest BCUT2D eigenvalue weighted by atomic mass is 10.2. The summed E-state index contributed by atoms with van der Waals surface area (Å²) in [6.07, 6.45) is 0. The second-order valence-electron chi connectivity index (χ2n) is 7.43. The van der Waals surface area contributed by atoms with Crippen molar-refractivity contribution < 1.29 is 23.5 Å². The van der Waals surface area contributed by atoms with E-state index < -0.39 is 0 Å². The lowest BCUT2D eigenvalue weighted by molar-refractivity contribution is 0.0281. The number of benzene rings is 1. The normalized spacial score (nSPS) is 14.6. The minimum Gasteiger partial charge on any atom is -0.497 e. The lowest BCUT2D eigenvalue weighted by Gasteiger charge is -2.25. The third-order valence-corrected chi connectivity index (χ3v) is 6.48. The van der Waals surface area contributed by atoms with Gasteiger partial charge in [0.15, 0.2) is 10.6 Å². The Balaban J connectivity index is 1.59. The van der Waals surface area contributed by atoms with Crippen LogP contribution in [0.3, 0.4) is 0 Å². The number of morpholine rings is 1. The van der Waals surface area contributed by atoms with Gasteiger partial charge in [-0.05, 0) is 44.2 Å². The molecule has 0 aliphatic carbocycles. The maximum absolute atomic E-state index is 12.8. The van der Waals surface area contributed by atoms with Crippen LogP contribution in [0.4, 0.5) is 0 Å². The molecule has 1 fully saturated rings.